The molecule has 0 bridgehead atoms. The highest BCUT2D eigenvalue weighted by atomic mass is 32.2. The van der Waals surface area contributed by atoms with E-state index in [2.05, 4.69) is 0 Å². The van der Waals surface area contributed by atoms with Gasteiger partial charge in [0.2, 0.25) is 10.0 Å². The Morgan fingerprint density at radius 2 is 1.60 bits per heavy atom. The second-order valence-corrected chi connectivity index (χ2v) is 8.85. The van der Waals surface area contributed by atoms with Crippen LogP contribution in [0.2, 0.25) is 0 Å². The second-order valence-electron chi connectivity index (χ2n) is 6.91. The van der Waals surface area contributed by atoms with Crippen LogP contribution >= 0.6 is 0 Å². The lowest BCUT2D eigenvalue weighted by molar-refractivity contribution is 0.0734. The molecule has 0 saturated carbocycles. The third-order valence-corrected chi connectivity index (χ3v) is 6.88. The fourth-order valence-corrected chi connectivity index (χ4v) is 4.77. The van der Waals surface area contributed by atoms with Gasteiger partial charge in [-0.15, -0.1) is 0 Å². The van der Waals surface area contributed by atoms with Crippen LogP contribution < -0.4 is 4.74 Å². The average molecular weight is 418 g/mol. The topological polar surface area (TPSA) is 87.5 Å². The van der Waals surface area contributed by atoms with Gasteiger partial charge in [-0.3, -0.25) is 0 Å². The molecule has 0 aliphatic carbocycles. The molecule has 0 saturated heterocycles. The Morgan fingerprint density at radius 3 is 2.27 bits per heavy atom. The first-order valence-corrected chi connectivity index (χ1v) is 10.8. The number of benzene rings is 3. The summed E-state index contributed by atoms with van der Waals surface area (Å²) in [6, 6.07) is 21.7. The lowest BCUT2D eigenvalue weighted by atomic mass is 10.0. The summed E-state index contributed by atoms with van der Waals surface area (Å²) < 4.78 is 32.8. The standard InChI is InChI=1S/C23H18N2O4S/c24-15-17-5-9-21(10-6-17)29-23(26)19-7-11-22(12-8-19)30(27,28)25-14-13-18-3-1-2-4-20(18)16-25/h1-12H,13-14,16H2. The molecule has 0 unspecified atom stereocenters. The number of nitrogens with zero attached hydrogens (tertiary/aromatic N) is 2. The normalized spacial score (nSPS) is 13.8. The molecule has 1 aliphatic heterocycles. The third-order valence-electron chi connectivity index (χ3n) is 5.02. The molecule has 30 heavy (non-hydrogen) atoms. The monoisotopic (exact) mass is 418 g/mol. The molecule has 0 aromatic heterocycles. The Morgan fingerprint density at radius 1 is 0.933 bits per heavy atom. The molecule has 0 N–H and O–H groups in total. The maximum absolute atomic E-state index is 13.0. The maximum Gasteiger partial charge on any atom is 0.343 e. The van der Waals surface area contributed by atoms with Crippen LogP contribution in [-0.4, -0.2) is 25.2 Å². The Kier molecular flexibility index (Phi) is 5.36. The van der Waals surface area contributed by atoms with E-state index in [0.717, 1.165) is 5.56 Å². The van der Waals surface area contributed by atoms with Crippen molar-refractivity contribution in [3.05, 3.63) is 95.1 Å². The number of nitriles is 1. The molecule has 0 atom stereocenters. The lowest BCUT2D eigenvalue weighted by Gasteiger charge is -2.28. The quantitative estimate of drug-likeness (QED) is 0.478. The van der Waals surface area contributed by atoms with E-state index in [-0.39, 0.29) is 10.5 Å². The van der Waals surface area contributed by atoms with Crippen LogP contribution in [0.15, 0.2) is 77.7 Å². The highest BCUT2D eigenvalue weighted by molar-refractivity contribution is 7.89. The Labute approximate surface area is 175 Å². The third kappa shape index (κ3) is 3.96. The molecule has 7 heteroatoms. The van der Waals surface area contributed by atoms with Gasteiger partial charge in [0.25, 0.3) is 0 Å². The zero-order valence-corrected chi connectivity index (χ0v) is 16.8. The molecule has 4 rings (SSSR count). The molecule has 1 heterocycles. The predicted molar refractivity (Wildman–Crippen MR) is 110 cm³/mol. The molecular formula is C23H18N2O4S. The fourth-order valence-electron chi connectivity index (χ4n) is 3.35. The number of hydrogen-bond acceptors (Lipinski definition) is 5. The lowest BCUT2D eigenvalue weighted by Crippen LogP contribution is -2.35. The van der Waals surface area contributed by atoms with E-state index in [0.29, 0.717) is 30.8 Å². The van der Waals surface area contributed by atoms with Crippen molar-refractivity contribution in [3.8, 4) is 11.8 Å². The summed E-state index contributed by atoms with van der Waals surface area (Å²) in [6.45, 7) is 0.753. The molecule has 0 amide bonds. The van der Waals surface area contributed by atoms with Gasteiger partial charge in [0.1, 0.15) is 5.75 Å². The van der Waals surface area contributed by atoms with Crippen molar-refractivity contribution in [2.45, 2.75) is 17.9 Å². The summed E-state index contributed by atoms with van der Waals surface area (Å²) in [7, 11) is -3.66. The van der Waals surface area contributed by atoms with E-state index in [4.69, 9.17) is 10.00 Å². The summed E-state index contributed by atoms with van der Waals surface area (Å²) in [5.41, 5.74) is 2.88. The van der Waals surface area contributed by atoms with Crippen molar-refractivity contribution in [1.29, 1.82) is 5.26 Å². The van der Waals surface area contributed by atoms with Gasteiger partial charge in [-0.2, -0.15) is 9.57 Å². The second kappa shape index (κ2) is 8.11. The van der Waals surface area contributed by atoms with Crippen molar-refractivity contribution in [2.75, 3.05) is 6.54 Å². The van der Waals surface area contributed by atoms with Gasteiger partial charge in [0.15, 0.2) is 0 Å². The van der Waals surface area contributed by atoms with Gasteiger partial charge >= 0.3 is 5.97 Å². The number of carbonyl (C=O) groups is 1. The number of ether oxygens (including phenoxy) is 1. The van der Waals surface area contributed by atoms with Crippen molar-refractivity contribution in [1.82, 2.24) is 4.31 Å². The van der Waals surface area contributed by atoms with Gasteiger partial charge in [-0.25, -0.2) is 13.2 Å². The van der Waals surface area contributed by atoms with Crippen molar-refractivity contribution < 1.29 is 17.9 Å². The molecule has 1 aliphatic rings. The summed E-state index contributed by atoms with van der Waals surface area (Å²) in [5.74, 6) is -0.293. The Bertz CT molecular complexity index is 1230. The van der Waals surface area contributed by atoms with Crippen LogP contribution in [0.5, 0.6) is 5.75 Å². The van der Waals surface area contributed by atoms with Crippen LogP contribution in [-0.2, 0) is 23.0 Å². The molecular weight excluding hydrogens is 400 g/mol. The number of fused-ring (bicyclic) bond motifs is 1. The summed E-state index contributed by atoms with van der Waals surface area (Å²) in [4.78, 5) is 12.5. The minimum atomic E-state index is -3.66. The van der Waals surface area contributed by atoms with Crippen molar-refractivity contribution in [3.63, 3.8) is 0 Å². The Hall–Kier alpha value is -3.47. The molecule has 3 aromatic carbocycles. The largest absolute Gasteiger partial charge is 0.423 e. The van der Waals surface area contributed by atoms with Crippen molar-refractivity contribution >= 4 is 16.0 Å². The van der Waals surface area contributed by atoms with E-state index in [1.54, 1.807) is 12.1 Å². The van der Waals surface area contributed by atoms with Crippen LogP contribution in [0.1, 0.15) is 27.0 Å². The summed E-state index contributed by atoms with van der Waals surface area (Å²) >= 11 is 0. The molecule has 6 nitrogen and oxygen atoms in total. The highest BCUT2D eigenvalue weighted by Gasteiger charge is 2.28. The van der Waals surface area contributed by atoms with E-state index < -0.39 is 16.0 Å². The van der Waals surface area contributed by atoms with Crippen LogP contribution in [0.25, 0.3) is 0 Å². The molecule has 150 valence electrons. The van der Waals surface area contributed by atoms with Gasteiger partial charge in [0, 0.05) is 13.1 Å². The number of hydrogen-bond donors (Lipinski definition) is 0. The van der Waals surface area contributed by atoms with Gasteiger partial charge in [-0.1, -0.05) is 24.3 Å². The van der Waals surface area contributed by atoms with Gasteiger partial charge < -0.3 is 4.74 Å². The first-order chi connectivity index (χ1) is 14.5. The first kappa shape index (κ1) is 19.8. The minimum Gasteiger partial charge on any atom is -0.423 e. The van der Waals surface area contributed by atoms with Crippen LogP contribution in [0, 0.1) is 11.3 Å². The zero-order chi connectivity index (χ0) is 21.1. The van der Waals surface area contributed by atoms with E-state index >= 15 is 0 Å². The van der Waals surface area contributed by atoms with Crippen LogP contribution in [0.3, 0.4) is 0 Å². The van der Waals surface area contributed by atoms with Crippen molar-refractivity contribution in [2.24, 2.45) is 0 Å². The van der Waals surface area contributed by atoms with Gasteiger partial charge in [-0.05, 0) is 66.1 Å². The van der Waals surface area contributed by atoms with Gasteiger partial charge in [0.05, 0.1) is 22.1 Å². The number of sulfonamides is 1. The van der Waals surface area contributed by atoms with E-state index in [9.17, 15) is 13.2 Å². The van der Waals surface area contributed by atoms with E-state index in [1.807, 2.05) is 30.3 Å². The predicted octanol–water partition coefficient (Wildman–Crippen LogP) is 3.52. The van der Waals surface area contributed by atoms with Crippen LogP contribution in [0.4, 0.5) is 0 Å². The SMILES string of the molecule is N#Cc1ccc(OC(=O)c2ccc(S(=O)(=O)N3CCc4ccccc4C3)cc2)cc1. The van der Waals surface area contributed by atoms with E-state index in [1.165, 1.54) is 46.3 Å². The number of carbonyl (C=O) groups excluding carboxylic acids is 1. The summed E-state index contributed by atoms with van der Waals surface area (Å²) in [5, 5.41) is 8.81. The number of esters is 1. The smallest absolute Gasteiger partial charge is 0.343 e. The molecule has 0 spiro atoms. The average Bonchev–Trinajstić information content (AvgIpc) is 2.79. The fraction of sp³-hybridized carbons (Fsp3) is 0.130. The molecule has 0 radical (unpaired) electrons. The molecule has 0 fully saturated rings. The Balaban J connectivity index is 1.48. The maximum atomic E-state index is 13.0. The first-order valence-electron chi connectivity index (χ1n) is 9.37. The minimum absolute atomic E-state index is 0.136. The summed E-state index contributed by atoms with van der Waals surface area (Å²) in [6.07, 6.45) is 0.671. The zero-order valence-electron chi connectivity index (χ0n) is 16.0. The molecule has 3 aromatic rings. The highest BCUT2D eigenvalue weighted by Crippen LogP contribution is 2.25. The number of rotatable bonds is 4.